The number of rotatable bonds is 3. The molecule has 0 saturated heterocycles. The molecule has 0 spiro atoms. The van der Waals surface area contributed by atoms with Gasteiger partial charge in [0.25, 0.3) is 0 Å². The molecular formula is C15H15N3O3. The summed E-state index contributed by atoms with van der Waals surface area (Å²) in [5, 5.41) is 26.4. The lowest BCUT2D eigenvalue weighted by molar-refractivity contribution is -0.693. The molecule has 0 aliphatic carbocycles. The summed E-state index contributed by atoms with van der Waals surface area (Å²) in [5.41, 5.74) is 0.657. The van der Waals surface area contributed by atoms with E-state index in [-0.39, 0.29) is 22.8 Å². The summed E-state index contributed by atoms with van der Waals surface area (Å²) in [6.45, 7) is 4.27. The van der Waals surface area contributed by atoms with E-state index in [1.807, 2.05) is 29.8 Å². The molecule has 1 atom stereocenters. The first-order chi connectivity index (χ1) is 9.99. The van der Waals surface area contributed by atoms with E-state index in [1.165, 1.54) is 6.92 Å². The lowest BCUT2D eigenvalue weighted by atomic mass is 9.83. The largest absolute Gasteiger partial charge is 0.763 e. The van der Waals surface area contributed by atoms with E-state index >= 15 is 0 Å². The van der Waals surface area contributed by atoms with Gasteiger partial charge in [-0.3, -0.25) is 11.3 Å². The zero-order chi connectivity index (χ0) is 15.6. The third kappa shape index (κ3) is 2.61. The van der Waals surface area contributed by atoms with E-state index in [0.717, 1.165) is 6.54 Å². The highest BCUT2D eigenvalue weighted by Gasteiger charge is 2.35. The van der Waals surface area contributed by atoms with Gasteiger partial charge in [0.1, 0.15) is 12.3 Å². The number of allylic oxidation sites excluding steroid dienone is 1. The van der Waals surface area contributed by atoms with Crippen molar-refractivity contribution in [2.24, 2.45) is 0 Å². The molecule has 0 radical (unpaired) electrons. The van der Waals surface area contributed by atoms with Crippen molar-refractivity contribution in [3.05, 3.63) is 52.4 Å². The third-order valence-corrected chi connectivity index (χ3v) is 3.42. The predicted molar refractivity (Wildman–Crippen MR) is 76.1 cm³/mol. The monoisotopic (exact) mass is 285 g/mol. The topological polar surface area (TPSA) is 96.6 Å². The maximum Gasteiger partial charge on any atom is 0.336 e. The van der Waals surface area contributed by atoms with Gasteiger partial charge in [0, 0.05) is 17.7 Å². The first kappa shape index (κ1) is 14.7. The fourth-order valence-electron chi connectivity index (χ4n) is 2.34. The van der Waals surface area contributed by atoms with Gasteiger partial charge in [-0.15, -0.1) is 0 Å². The average molecular weight is 285 g/mol. The molecule has 0 fully saturated rings. The number of nitrogens with one attached hydrogen (secondary N) is 1. The van der Waals surface area contributed by atoms with Crippen molar-refractivity contribution < 1.29 is 19.2 Å². The van der Waals surface area contributed by atoms with Gasteiger partial charge >= 0.3 is 5.97 Å². The van der Waals surface area contributed by atoms with Gasteiger partial charge in [0.2, 0.25) is 5.90 Å². The van der Waals surface area contributed by atoms with Crippen LogP contribution in [0.4, 0.5) is 0 Å². The molecule has 0 aromatic carbocycles. The van der Waals surface area contributed by atoms with Gasteiger partial charge in [-0.05, 0) is 19.4 Å². The molecule has 0 bridgehead atoms. The van der Waals surface area contributed by atoms with Crippen LogP contribution in [0, 0.1) is 5.41 Å². The number of aromatic nitrogens is 1. The molecule has 6 nitrogen and oxygen atoms in total. The van der Waals surface area contributed by atoms with E-state index in [4.69, 9.17) is 10.1 Å². The van der Waals surface area contributed by atoms with E-state index < -0.39 is 11.9 Å². The number of carboxylic acid groups (broad SMARTS) is 1. The van der Waals surface area contributed by atoms with E-state index in [9.17, 15) is 15.3 Å². The van der Waals surface area contributed by atoms with Crippen LogP contribution >= 0.6 is 0 Å². The molecule has 1 aromatic rings. The second-order valence-electron chi connectivity index (χ2n) is 4.63. The van der Waals surface area contributed by atoms with Crippen molar-refractivity contribution in [1.82, 2.24) is 0 Å². The van der Waals surface area contributed by atoms with Crippen LogP contribution < -0.4 is 4.57 Å². The number of aliphatic carboxylic acids is 1. The molecule has 2 rings (SSSR count). The molecule has 2 N–H and O–H groups in total. The summed E-state index contributed by atoms with van der Waals surface area (Å²) >= 11 is 0. The zero-order valence-corrected chi connectivity index (χ0v) is 11.8. The van der Waals surface area contributed by atoms with Crippen LogP contribution in [-0.2, 0) is 16.1 Å². The number of aryl methyl sites for hydroxylation is 1. The Morgan fingerprint density at radius 3 is 2.62 bits per heavy atom. The molecule has 1 aliphatic rings. The van der Waals surface area contributed by atoms with Gasteiger partial charge in [-0.2, -0.15) is 0 Å². The average Bonchev–Trinajstić information content (AvgIpc) is 2.46. The normalized spacial score (nSPS) is 18.3. The third-order valence-electron chi connectivity index (χ3n) is 3.42. The number of hydrogen-bond donors (Lipinski definition) is 2. The highest BCUT2D eigenvalue weighted by Crippen LogP contribution is 2.37. The van der Waals surface area contributed by atoms with Crippen molar-refractivity contribution in [1.29, 1.82) is 5.41 Å². The molecule has 0 saturated carbocycles. The number of nitrogens with zero attached hydrogens (tertiary/aromatic N) is 2. The quantitative estimate of drug-likeness (QED) is 0.652. The first-order valence-electron chi connectivity index (χ1n) is 6.46. The van der Waals surface area contributed by atoms with Crippen LogP contribution in [0.25, 0.3) is 5.41 Å². The SMILES string of the molecule is CC[n+]1ccc([C@@H]2C(=C=[N-])C(=N)OC(C)=C2C(=O)O)cc1. The molecule has 0 unspecified atom stereocenters. The summed E-state index contributed by atoms with van der Waals surface area (Å²) < 4.78 is 7.01. The molecular weight excluding hydrogens is 270 g/mol. The first-order valence-corrected chi connectivity index (χ1v) is 6.46. The zero-order valence-electron chi connectivity index (χ0n) is 11.8. The standard InChI is InChI=1S/C15H15N3O3/c1-3-18-6-4-10(5-7-18)13-11(8-16)14(17)21-9(2)12(13)15(19)20/h4-7,13,17H,3H2,1-2H3,(H,19,20)/t13-/m1/s1. The molecule has 6 heteroatoms. The second-order valence-corrected chi connectivity index (χ2v) is 4.63. The summed E-state index contributed by atoms with van der Waals surface area (Å²) in [4.78, 5) is 11.5. The number of carboxylic acids is 1. The van der Waals surface area contributed by atoms with Crippen molar-refractivity contribution >= 4 is 17.7 Å². The van der Waals surface area contributed by atoms with E-state index in [2.05, 4.69) is 0 Å². The predicted octanol–water partition coefficient (Wildman–Crippen LogP) is 1.61. The van der Waals surface area contributed by atoms with Crippen LogP contribution in [0.15, 0.2) is 41.4 Å². The summed E-state index contributed by atoms with van der Waals surface area (Å²) in [6.07, 6.45) is 3.64. The van der Waals surface area contributed by atoms with Crippen LogP contribution in [0.5, 0.6) is 0 Å². The van der Waals surface area contributed by atoms with Crippen molar-refractivity contribution in [3.8, 4) is 0 Å². The summed E-state index contributed by atoms with van der Waals surface area (Å²) in [6, 6.07) is 3.53. The van der Waals surface area contributed by atoms with Gasteiger partial charge in [0.05, 0.1) is 11.5 Å². The minimum atomic E-state index is -1.15. The Bertz CT molecular complexity index is 683. The van der Waals surface area contributed by atoms with Gasteiger partial charge in [-0.1, -0.05) is 0 Å². The summed E-state index contributed by atoms with van der Waals surface area (Å²) in [7, 11) is 0. The highest BCUT2D eigenvalue weighted by atomic mass is 16.5. The summed E-state index contributed by atoms with van der Waals surface area (Å²) in [5.74, 6) is -0.179. The van der Waals surface area contributed by atoms with Gasteiger partial charge in [0.15, 0.2) is 12.4 Å². The van der Waals surface area contributed by atoms with E-state index in [0.29, 0.717) is 5.56 Å². The molecule has 0 amide bonds. The fraction of sp³-hybridized carbons (Fsp3) is 0.267. The lowest BCUT2D eigenvalue weighted by Gasteiger charge is -2.27. The van der Waals surface area contributed by atoms with Crippen molar-refractivity contribution in [2.45, 2.75) is 26.3 Å². The number of pyridine rings is 1. The van der Waals surface area contributed by atoms with Crippen molar-refractivity contribution in [3.63, 3.8) is 0 Å². The Kier molecular flexibility index (Phi) is 4.00. The van der Waals surface area contributed by atoms with Crippen LogP contribution in [0.2, 0.25) is 0 Å². The Hall–Kier alpha value is -2.72. The Balaban J connectivity index is 2.62. The van der Waals surface area contributed by atoms with Crippen LogP contribution in [-0.4, -0.2) is 22.8 Å². The highest BCUT2D eigenvalue weighted by molar-refractivity contribution is 6.07. The van der Waals surface area contributed by atoms with Gasteiger partial charge < -0.3 is 15.3 Å². The number of ether oxygens (including phenoxy) is 1. The second kappa shape index (κ2) is 5.73. The molecule has 1 aromatic heterocycles. The molecule has 108 valence electrons. The van der Waals surface area contributed by atoms with Crippen molar-refractivity contribution in [2.75, 3.05) is 0 Å². The smallest absolute Gasteiger partial charge is 0.336 e. The number of hydrogen-bond acceptors (Lipinski definition) is 3. The maximum atomic E-state index is 11.5. The van der Waals surface area contributed by atoms with E-state index in [1.54, 1.807) is 12.1 Å². The number of carbonyl (C=O) groups is 1. The lowest BCUT2D eigenvalue weighted by Crippen LogP contribution is -2.32. The molecule has 1 aliphatic heterocycles. The maximum absolute atomic E-state index is 11.5. The Morgan fingerprint density at radius 2 is 2.14 bits per heavy atom. The van der Waals surface area contributed by atoms with Crippen LogP contribution in [0.3, 0.4) is 0 Å². The van der Waals surface area contributed by atoms with Crippen LogP contribution in [0.1, 0.15) is 25.3 Å². The molecule has 2 heterocycles. The minimum Gasteiger partial charge on any atom is -0.763 e. The Morgan fingerprint density at radius 1 is 1.52 bits per heavy atom. The molecule has 21 heavy (non-hydrogen) atoms. The van der Waals surface area contributed by atoms with Gasteiger partial charge in [-0.25, -0.2) is 9.36 Å². The Labute approximate surface area is 122 Å². The fourth-order valence-corrected chi connectivity index (χ4v) is 2.34. The minimum absolute atomic E-state index is 0.00296.